The smallest absolute Gasteiger partial charge is 0.326 e. The van der Waals surface area contributed by atoms with E-state index < -0.39 is 30.0 Å². The van der Waals surface area contributed by atoms with Crippen molar-refractivity contribution in [2.75, 3.05) is 18.1 Å². The molecule has 0 spiro atoms. The van der Waals surface area contributed by atoms with Crippen LogP contribution in [0.4, 0.5) is 10.1 Å². The highest BCUT2D eigenvalue weighted by molar-refractivity contribution is 6.53. The number of nitrogens with zero attached hydrogens (tertiary/aromatic N) is 1. The molecular weight excluding hydrogens is 301 g/mol. The van der Waals surface area contributed by atoms with Gasteiger partial charge in [0.2, 0.25) is 0 Å². The molecule has 0 atom stereocenters. The molecule has 2 rings (SSSR count). The number of ether oxygens (including phenoxy) is 1. The topological polar surface area (TPSA) is 63.7 Å². The number of Topliss-reactive ketones (excluding diaryl/α,β-unsaturated/α-hetero) is 1. The second kappa shape index (κ2) is 6.22. The van der Waals surface area contributed by atoms with Crippen molar-refractivity contribution < 1.29 is 23.5 Å². The van der Waals surface area contributed by atoms with Crippen LogP contribution in [0.1, 0.15) is 30.1 Å². The zero-order chi connectivity index (χ0) is 15.6. The lowest BCUT2D eigenvalue weighted by atomic mass is 10.1. The molecule has 1 aliphatic rings. The number of esters is 1. The minimum atomic E-state index is -0.890. The predicted molar refractivity (Wildman–Crippen MR) is 74.0 cm³/mol. The van der Waals surface area contributed by atoms with Crippen molar-refractivity contribution in [2.45, 2.75) is 19.8 Å². The highest BCUT2D eigenvalue weighted by Crippen LogP contribution is 2.32. The fraction of sp³-hybridized carbons (Fsp3) is 0.357. The molecular formula is C14H13ClFNO4. The summed E-state index contributed by atoms with van der Waals surface area (Å²) in [5.41, 5.74) is 0.0344. The molecule has 0 unspecified atom stereocenters. The van der Waals surface area contributed by atoms with Gasteiger partial charge in [0.25, 0.3) is 11.7 Å². The van der Waals surface area contributed by atoms with Crippen molar-refractivity contribution in [2.24, 2.45) is 0 Å². The van der Waals surface area contributed by atoms with E-state index in [1.165, 1.54) is 0 Å². The Labute approximate surface area is 125 Å². The lowest BCUT2D eigenvalue weighted by molar-refractivity contribution is -0.142. The second-order valence-corrected chi connectivity index (χ2v) is 4.99. The molecule has 0 saturated heterocycles. The Balaban J connectivity index is 2.19. The molecule has 21 heavy (non-hydrogen) atoms. The Morgan fingerprint density at radius 1 is 1.38 bits per heavy atom. The third kappa shape index (κ3) is 3.05. The van der Waals surface area contributed by atoms with Gasteiger partial charge in [-0.25, -0.2) is 4.39 Å². The number of halogens is 2. The number of ketones is 1. The standard InChI is InChI=1S/C14H13ClFNO4/c1-2-3-4-21-12(18)7-17-11-6-10(16)9(15)5-8(11)13(19)14(17)20/h5-6H,2-4,7H2,1H3. The summed E-state index contributed by atoms with van der Waals surface area (Å²) in [6, 6.07) is 2.06. The third-order valence-corrected chi connectivity index (χ3v) is 3.35. The van der Waals surface area contributed by atoms with Crippen LogP contribution in [-0.4, -0.2) is 30.8 Å². The Morgan fingerprint density at radius 3 is 2.76 bits per heavy atom. The van der Waals surface area contributed by atoms with E-state index in [1.807, 2.05) is 6.92 Å². The summed E-state index contributed by atoms with van der Waals surface area (Å²) >= 11 is 5.59. The van der Waals surface area contributed by atoms with E-state index in [0.29, 0.717) is 6.42 Å². The fourth-order valence-corrected chi connectivity index (χ4v) is 2.11. The van der Waals surface area contributed by atoms with Crippen LogP contribution in [-0.2, 0) is 14.3 Å². The average Bonchev–Trinajstić information content (AvgIpc) is 2.65. The number of unbranched alkanes of at least 4 members (excludes halogenated alkanes) is 1. The highest BCUT2D eigenvalue weighted by Gasteiger charge is 2.38. The van der Waals surface area contributed by atoms with Crippen LogP contribution < -0.4 is 4.90 Å². The molecule has 0 bridgehead atoms. The van der Waals surface area contributed by atoms with E-state index in [-0.39, 0.29) is 22.9 Å². The van der Waals surface area contributed by atoms with E-state index in [4.69, 9.17) is 16.3 Å². The summed E-state index contributed by atoms with van der Waals surface area (Å²) in [4.78, 5) is 36.2. The van der Waals surface area contributed by atoms with Crippen LogP contribution in [0.5, 0.6) is 0 Å². The summed E-state index contributed by atoms with van der Waals surface area (Å²) in [6.07, 6.45) is 1.57. The molecule has 7 heteroatoms. The molecule has 1 aromatic carbocycles. The number of carbonyl (C=O) groups excluding carboxylic acids is 3. The number of rotatable bonds is 5. The molecule has 5 nitrogen and oxygen atoms in total. The monoisotopic (exact) mass is 313 g/mol. The van der Waals surface area contributed by atoms with Crippen LogP contribution in [0.3, 0.4) is 0 Å². The van der Waals surface area contributed by atoms with Gasteiger partial charge in [-0.15, -0.1) is 0 Å². The van der Waals surface area contributed by atoms with Gasteiger partial charge in [-0.1, -0.05) is 24.9 Å². The van der Waals surface area contributed by atoms with Crippen molar-refractivity contribution in [1.82, 2.24) is 0 Å². The number of anilines is 1. The minimum absolute atomic E-state index is 0.00671. The molecule has 1 aromatic rings. The van der Waals surface area contributed by atoms with Gasteiger partial charge in [0.15, 0.2) is 0 Å². The molecule has 1 amide bonds. The molecule has 0 aliphatic carbocycles. The lowest BCUT2D eigenvalue weighted by Gasteiger charge is -2.15. The lowest BCUT2D eigenvalue weighted by Crippen LogP contribution is -2.35. The molecule has 1 heterocycles. The molecule has 1 aliphatic heterocycles. The van der Waals surface area contributed by atoms with Gasteiger partial charge in [-0.3, -0.25) is 19.3 Å². The Kier molecular flexibility index (Phi) is 4.57. The minimum Gasteiger partial charge on any atom is -0.464 e. The summed E-state index contributed by atoms with van der Waals surface area (Å²) in [6.45, 7) is 1.76. The first kappa shape index (κ1) is 15.4. The van der Waals surface area contributed by atoms with Crippen molar-refractivity contribution in [3.63, 3.8) is 0 Å². The summed E-state index contributed by atoms with van der Waals surface area (Å²) < 4.78 is 18.4. The van der Waals surface area contributed by atoms with Gasteiger partial charge in [-0.05, 0) is 18.6 Å². The van der Waals surface area contributed by atoms with Crippen molar-refractivity contribution in [3.05, 3.63) is 28.5 Å². The number of fused-ring (bicyclic) bond motifs is 1. The maximum Gasteiger partial charge on any atom is 0.326 e. The summed E-state index contributed by atoms with van der Waals surface area (Å²) in [5, 5.41) is -0.248. The highest BCUT2D eigenvalue weighted by atomic mass is 35.5. The van der Waals surface area contributed by atoms with Crippen LogP contribution >= 0.6 is 11.6 Å². The second-order valence-electron chi connectivity index (χ2n) is 4.58. The van der Waals surface area contributed by atoms with Gasteiger partial charge in [-0.2, -0.15) is 0 Å². The van der Waals surface area contributed by atoms with Crippen LogP contribution in [0, 0.1) is 5.82 Å². The van der Waals surface area contributed by atoms with E-state index in [1.54, 1.807) is 0 Å². The molecule has 0 radical (unpaired) electrons. The maximum atomic E-state index is 13.5. The van der Waals surface area contributed by atoms with E-state index >= 15 is 0 Å². The van der Waals surface area contributed by atoms with Gasteiger partial charge in [0.05, 0.1) is 22.9 Å². The fourth-order valence-electron chi connectivity index (χ4n) is 1.95. The number of hydrogen-bond acceptors (Lipinski definition) is 4. The number of benzene rings is 1. The Bertz CT molecular complexity index is 617. The first-order valence-electron chi connectivity index (χ1n) is 6.46. The predicted octanol–water partition coefficient (Wildman–Crippen LogP) is 2.35. The molecule has 112 valence electrons. The maximum absolute atomic E-state index is 13.5. The Hall–Kier alpha value is -1.95. The van der Waals surface area contributed by atoms with Gasteiger partial charge in [0.1, 0.15) is 12.4 Å². The van der Waals surface area contributed by atoms with Crippen LogP contribution in [0.15, 0.2) is 12.1 Å². The summed E-state index contributed by atoms with van der Waals surface area (Å²) in [5.74, 6) is -3.11. The first-order valence-corrected chi connectivity index (χ1v) is 6.84. The van der Waals surface area contributed by atoms with E-state index in [0.717, 1.165) is 23.5 Å². The number of amides is 1. The largest absolute Gasteiger partial charge is 0.464 e. The average molecular weight is 314 g/mol. The van der Waals surface area contributed by atoms with Gasteiger partial charge >= 0.3 is 5.97 Å². The van der Waals surface area contributed by atoms with Crippen LogP contribution in [0.2, 0.25) is 5.02 Å². The van der Waals surface area contributed by atoms with E-state index in [2.05, 4.69) is 0 Å². The zero-order valence-electron chi connectivity index (χ0n) is 11.3. The third-order valence-electron chi connectivity index (χ3n) is 3.06. The normalized spacial score (nSPS) is 13.6. The SMILES string of the molecule is CCCCOC(=O)CN1C(=O)C(=O)c2cc(Cl)c(F)cc21. The van der Waals surface area contributed by atoms with Crippen LogP contribution in [0.25, 0.3) is 0 Å². The van der Waals surface area contributed by atoms with Gasteiger partial charge in [0, 0.05) is 0 Å². The first-order chi connectivity index (χ1) is 9.95. The summed E-state index contributed by atoms with van der Waals surface area (Å²) in [7, 11) is 0. The number of hydrogen-bond donors (Lipinski definition) is 0. The molecule has 0 aromatic heterocycles. The molecule has 0 saturated carbocycles. The number of carbonyl (C=O) groups is 3. The van der Waals surface area contributed by atoms with Gasteiger partial charge < -0.3 is 4.74 Å². The Morgan fingerprint density at radius 2 is 2.10 bits per heavy atom. The molecule has 0 N–H and O–H groups in total. The zero-order valence-corrected chi connectivity index (χ0v) is 12.1. The van der Waals surface area contributed by atoms with Crippen molar-refractivity contribution in [3.8, 4) is 0 Å². The van der Waals surface area contributed by atoms with Crippen molar-refractivity contribution in [1.29, 1.82) is 0 Å². The molecule has 0 fully saturated rings. The van der Waals surface area contributed by atoms with Crippen molar-refractivity contribution >= 4 is 34.9 Å². The quantitative estimate of drug-likeness (QED) is 0.475. The van der Waals surface area contributed by atoms with E-state index in [9.17, 15) is 18.8 Å².